The summed E-state index contributed by atoms with van der Waals surface area (Å²) < 4.78 is 5.31. The van der Waals surface area contributed by atoms with Crippen LogP contribution in [0.5, 0.6) is 17.2 Å². The van der Waals surface area contributed by atoms with E-state index in [1.807, 2.05) is 6.92 Å². The monoisotopic (exact) mass is 467 g/mol. The topological polar surface area (TPSA) is 116 Å². The van der Waals surface area contributed by atoms with Crippen LogP contribution in [0.15, 0.2) is 65.7 Å². The van der Waals surface area contributed by atoms with E-state index in [1.165, 1.54) is 30.5 Å². The number of aliphatic hydroxyl groups is 1. The molecule has 33 heavy (non-hydrogen) atoms. The van der Waals surface area contributed by atoms with Gasteiger partial charge in [0.15, 0.2) is 17.3 Å². The van der Waals surface area contributed by atoms with Crippen molar-refractivity contribution in [1.82, 2.24) is 0 Å². The fourth-order valence-corrected chi connectivity index (χ4v) is 3.22. The molecule has 8 heteroatoms. The standard InChI is InChI=1S/C25H22ClNO6/c1-15-2-6-17(7-3-15)25(32)33-23-12-19(26)11-18(24(23)31)13-27-21(22(30)14-28)10-16-4-8-20(29)9-5-16/h2-9,11-13,21,28-29,31H,10,14H2,1H3/b27-13-. The van der Waals surface area contributed by atoms with Crippen LogP contribution >= 0.6 is 11.6 Å². The molecule has 0 aliphatic carbocycles. The molecule has 3 N–H and O–H groups in total. The van der Waals surface area contributed by atoms with Gasteiger partial charge < -0.3 is 20.1 Å². The average molecular weight is 468 g/mol. The van der Waals surface area contributed by atoms with Gasteiger partial charge in [0.05, 0.1) is 5.56 Å². The highest BCUT2D eigenvalue weighted by atomic mass is 35.5. The van der Waals surface area contributed by atoms with Crippen molar-refractivity contribution in [2.24, 2.45) is 4.99 Å². The predicted octanol–water partition coefficient (Wildman–Crippen LogP) is 3.87. The third kappa shape index (κ3) is 6.41. The van der Waals surface area contributed by atoms with E-state index in [9.17, 15) is 24.9 Å². The normalized spacial score (nSPS) is 12.0. The Hall–Kier alpha value is -3.68. The van der Waals surface area contributed by atoms with Gasteiger partial charge >= 0.3 is 5.97 Å². The van der Waals surface area contributed by atoms with E-state index in [0.29, 0.717) is 5.56 Å². The van der Waals surface area contributed by atoms with Gasteiger partial charge in [0.1, 0.15) is 18.4 Å². The summed E-state index contributed by atoms with van der Waals surface area (Å²) >= 11 is 6.13. The third-order valence-electron chi connectivity index (χ3n) is 4.85. The smallest absolute Gasteiger partial charge is 0.343 e. The largest absolute Gasteiger partial charge is 0.508 e. The Morgan fingerprint density at radius 2 is 1.73 bits per heavy atom. The predicted molar refractivity (Wildman–Crippen MR) is 125 cm³/mol. The van der Waals surface area contributed by atoms with E-state index in [2.05, 4.69) is 4.99 Å². The van der Waals surface area contributed by atoms with Gasteiger partial charge in [-0.25, -0.2) is 4.79 Å². The number of nitrogens with zero attached hydrogens (tertiary/aromatic N) is 1. The molecule has 0 radical (unpaired) electrons. The molecule has 170 valence electrons. The Morgan fingerprint density at radius 3 is 2.36 bits per heavy atom. The van der Waals surface area contributed by atoms with Crippen LogP contribution in [0.25, 0.3) is 0 Å². The molecule has 3 rings (SSSR count). The van der Waals surface area contributed by atoms with Crippen molar-refractivity contribution < 1.29 is 29.6 Å². The molecule has 1 atom stereocenters. The summed E-state index contributed by atoms with van der Waals surface area (Å²) in [6, 6.07) is 14.8. The number of ether oxygens (including phenoxy) is 1. The second-order valence-corrected chi connectivity index (χ2v) is 7.82. The number of rotatable bonds is 8. The lowest BCUT2D eigenvalue weighted by Crippen LogP contribution is -2.24. The molecule has 7 nitrogen and oxygen atoms in total. The van der Waals surface area contributed by atoms with Gasteiger partial charge in [-0.3, -0.25) is 9.79 Å². The number of benzene rings is 3. The van der Waals surface area contributed by atoms with Crippen molar-refractivity contribution >= 4 is 29.6 Å². The van der Waals surface area contributed by atoms with Crippen LogP contribution in [0.3, 0.4) is 0 Å². The molecule has 0 saturated carbocycles. The Morgan fingerprint density at radius 1 is 1.06 bits per heavy atom. The van der Waals surface area contributed by atoms with E-state index in [1.54, 1.807) is 36.4 Å². The number of aryl methyl sites for hydroxylation is 1. The lowest BCUT2D eigenvalue weighted by molar-refractivity contribution is -0.122. The lowest BCUT2D eigenvalue weighted by atomic mass is 10.0. The van der Waals surface area contributed by atoms with Crippen LogP contribution in [-0.4, -0.2) is 45.9 Å². The Bertz CT molecular complexity index is 1170. The number of carbonyl (C=O) groups excluding carboxylic acids is 2. The van der Waals surface area contributed by atoms with Gasteiger partial charge in [-0.2, -0.15) is 0 Å². The Kier molecular flexibility index (Phi) is 7.82. The first kappa shape index (κ1) is 24.0. The second-order valence-electron chi connectivity index (χ2n) is 7.39. The van der Waals surface area contributed by atoms with Crippen molar-refractivity contribution in [3.05, 3.63) is 87.9 Å². The number of aliphatic hydroxyl groups excluding tert-OH is 1. The highest BCUT2D eigenvalue weighted by molar-refractivity contribution is 6.31. The number of phenols is 2. The highest BCUT2D eigenvalue weighted by Crippen LogP contribution is 2.33. The van der Waals surface area contributed by atoms with Crippen molar-refractivity contribution in [2.75, 3.05) is 6.61 Å². The van der Waals surface area contributed by atoms with Gasteiger partial charge in [0.25, 0.3) is 0 Å². The summed E-state index contributed by atoms with van der Waals surface area (Å²) in [7, 11) is 0. The van der Waals surface area contributed by atoms with Gasteiger partial charge in [0, 0.05) is 29.3 Å². The molecule has 0 aliphatic heterocycles. The molecule has 0 heterocycles. The maximum atomic E-state index is 12.4. The number of carbonyl (C=O) groups is 2. The quantitative estimate of drug-likeness (QED) is 0.263. The minimum absolute atomic E-state index is 0.0869. The summed E-state index contributed by atoms with van der Waals surface area (Å²) in [6.45, 7) is 1.18. The second kappa shape index (κ2) is 10.8. The van der Waals surface area contributed by atoms with Crippen LogP contribution < -0.4 is 4.74 Å². The number of aliphatic imine (C=N–C) groups is 1. The molecular formula is C25H22ClNO6. The number of aromatic hydroxyl groups is 2. The van der Waals surface area contributed by atoms with Crippen molar-refractivity contribution in [2.45, 2.75) is 19.4 Å². The van der Waals surface area contributed by atoms with Crippen molar-refractivity contribution in [1.29, 1.82) is 0 Å². The Balaban J connectivity index is 1.84. The molecule has 0 spiro atoms. The highest BCUT2D eigenvalue weighted by Gasteiger charge is 2.19. The van der Waals surface area contributed by atoms with Gasteiger partial charge in [-0.1, -0.05) is 41.4 Å². The number of phenolic OH excluding ortho intramolecular Hbond substituents is 2. The molecule has 0 aromatic heterocycles. The first-order valence-electron chi connectivity index (χ1n) is 10.0. The third-order valence-corrected chi connectivity index (χ3v) is 5.06. The number of ketones is 1. The fourth-order valence-electron chi connectivity index (χ4n) is 3.00. The molecule has 3 aromatic carbocycles. The number of halogens is 1. The number of hydrogen-bond acceptors (Lipinski definition) is 7. The fraction of sp³-hybridized carbons (Fsp3) is 0.160. The SMILES string of the molecule is Cc1ccc(C(=O)Oc2cc(Cl)cc(/C=N\C(Cc3ccc(O)cc3)C(=O)CO)c2O)cc1. The van der Waals surface area contributed by atoms with Gasteiger partial charge in [0.2, 0.25) is 0 Å². The maximum absolute atomic E-state index is 12.4. The summed E-state index contributed by atoms with van der Waals surface area (Å²) in [6.07, 6.45) is 1.41. The first-order chi connectivity index (χ1) is 15.8. The minimum atomic E-state index is -0.934. The Labute approximate surface area is 195 Å². The van der Waals surface area contributed by atoms with Crippen molar-refractivity contribution in [3.63, 3.8) is 0 Å². The van der Waals surface area contributed by atoms with Crippen LogP contribution in [0.2, 0.25) is 5.02 Å². The van der Waals surface area contributed by atoms with Crippen LogP contribution in [0, 0.1) is 6.92 Å². The number of Topliss-reactive ketones (excluding diaryl/α,β-unsaturated/α-hetero) is 1. The van der Waals surface area contributed by atoms with E-state index < -0.39 is 24.4 Å². The minimum Gasteiger partial charge on any atom is -0.508 e. The summed E-state index contributed by atoms with van der Waals surface area (Å²) in [5.74, 6) is -1.63. The maximum Gasteiger partial charge on any atom is 0.343 e. The first-order valence-corrected chi connectivity index (χ1v) is 10.4. The summed E-state index contributed by atoms with van der Waals surface area (Å²) in [5, 5.41) is 29.5. The van der Waals surface area contributed by atoms with E-state index in [0.717, 1.165) is 11.1 Å². The van der Waals surface area contributed by atoms with Crippen LogP contribution in [0.4, 0.5) is 0 Å². The van der Waals surface area contributed by atoms with E-state index in [-0.39, 0.29) is 34.3 Å². The van der Waals surface area contributed by atoms with E-state index >= 15 is 0 Å². The molecule has 0 amide bonds. The average Bonchev–Trinajstić information content (AvgIpc) is 2.80. The molecule has 1 unspecified atom stereocenters. The molecule has 0 bridgehead atoms. The van der Waals surface area contributed by atoms with Crippen LogP contribution in [-0.2, 0) is 11.2 Å². The number of hydrogen-bond donors (Lipinski definition) is 3. The molecular weight excluding hydrogens is 446 g/mol. The zero-order valence-electron chi connectivity index (χ0n) is 17.7. The van der Waals surface area contributed by atoms with Gasteiger partial charge in [-0.15, -0.1) is 0 Å². The van der Waals surface area contributed by atoms with Gasteiger partial charge in [-0.05, 0) is 42.8 Å². The zero-order valence-corrected chi connectivity index (χ0v) is 18.5. The van der Waals surface area contributed by atoms with E-state index in [4.69, 9.17) is 16.3 Å². The lowest BCUT2D eigenvalue weighted by Gasteiger charge is -2.12. The van der Waals surface area contributed by atoms with Crippen LogP contribution in [0.1, 0.15) is 27.0 Å². The van der Waals surface area contributed by atoms with Crippen molar-refractivity contribution in [3.8, 4) is 17.2 Å². The molecule has 3 aromatic rings. The number of esters is 1. The zero-order chi connectivity index (χ0) is 24.0. The molecule has 0 aliphatic rings. The summed E-state index contributed by atoms with van der Waals surface area (Å²) in [4.78, 5) is 28.8. The molecule has 0 saturated heterocycles. The summed E-state index contributed by atoms with van der Waals surface area (Å²) in [5.41, 5.74) is 2.14. The molecule has 0 fully saturated rings.